The molecule has 11 heteroatoms. The van der Waals surface area contributed by atoms with Gasteiger partial charge in [0.05, 0.1) is 5.25 Å². The van der Waals surface area contributed by atoms with E-state index in [-0.39, 0.29) is 23.7 Å². The maximum absolute atomic E-state index is 13.9. The molecule has 3 saturated carbocycles. The van der Waals surface area contributed by atoms with E-state index in [1.165, 1.54) is 12.8 Å². The predicted octanol–water partition coefficient (Wildman–Crippen LogP) is 2.68. The van der Waals surface area contributed by atoms with Gasteiger partial charge in [-0.05, 0) is 70.1 Å². The number of carbonyl (C=O) groups excluding carboxylic acids is 4. The number of nitrogens with zero attached hydrogens (tertiary/aromatic N) is 1. The van der Waals surface area contributed by atoms with Crippen LogP contribution in [0.5, 0.6) is 0 Å². The summed E-state index contributed by atoms with van der Waals surface area (Å²) in [6, 6.07) is -1.45. The highest BCUT2D eigenvalue weighted by Crippen LogP contribution is 2.46. The van der Waals surface area contributed by atoms with Crippen LogP contribution in [0.15, 0.2) is 12.2 Å². The molecule has 5 aliphatic rings. The molecule has 10 nitrogen and oxygen atoms in total. The Morgan fingerprint density at radius 2 is 1.85 bits per heavy atom. The molecule has 3 N–H and O–H groups in total. The second-order valence-electron chi connectivity index (χ2n) is 12.9. The summed E-state index contributed by atoms with van der Waals surface area (Å²) in [7, 11) is -3.77. The Morgan fingerprint density at radius 1 is 1.07 bits per heavy atom. The molecule has 5 atom stereocenters. The summed E-state index contributed by atoms with van der Waals surface area (Å²) in [6.07, 6.45) is 15.2. The van der Waals surface area contributed by atoms with Crippen LogP contribution in [0.4, 0.5) is 0 Å². The second-order valence-corrected chi connectivity index (χ2v) is 14.9. The molecule has 0 spiro atoms. The Kier molecular flexibility index (Phi) is 9.11. The van der Waals surface area contributed by atoms with Crippen molar-refractivity contribution >= 4 is 33.7 Å². The fourth-order valence-corrected chi connectivity index (χ4v) is 7.89. The van der Waals surface area contributed by atoms with Gasteiger partial charge < -0.3 is 15.5 Å². The number of hydrogen-bond donors (Lipinski definition) is 3. The summed E-state index contributed by atoms with van der Waals surface area (Å²) in [5.41, 5.74) is -1.34. The molecule has 2 aliphatic heterocycles. The van der Waals surface area contributed by atoms with Gasteiger partial charge in [0, 0.05) is 18.4 Å². The monoisotopic (exact) mass is 590 g/mol. The molecule has 228 valence electrons. The van der Waals surface area contributed by atoms with Gasteiger partial charge in [-0.3, -0.25) is 23.9 Å². The molecule has 0 aromatic rings. The summed E-state index contributed by atoms with van der Waals surface area (Å²) >= 11 is 0. The Hall–Kier alpha value is -2.43. The highest BCUT2D eigenvalue weighted by molar-refractivity contribution is 7.91. The van der Waals surface area contributed by atoms with E-state index >= 15 is 0 Å². The van der Waals surface area contributed by atoms with E-state index in [0.717, 1.165) is 44.9 Å². The lowest BCUT2D eigenvalue weighted by Crippen LogP contribution is -2.58. The van der Waals surface area contributed by atoms with Gasteiger partial charge in [-0.2, -0.15) is 0 Å². The zero-order valence-electron chi connectivity index (χ0n) is 24.2. The number of amides is 4. The minimum Gasteiger partial charge on any atom is -0.344 e. The van der Waals surface area contributed by atoms with Crippen LogP contribution in [-0.2, 0) is 29.2 Å². The minimum absolute atomic E-state index is 0.0635. The first kappa shape index (κ1) is 30.0. The molecule has 0 radical (unpaired) electrons. The predicted molar refractivity (Wildman–Crippen MR) is 154 cm³/mol. The second kappa shape index (κ2) is 12.4. The van der Waals surface area contributed by atoms with Gasteiger partial charge in [-0.25, -0.2) is 8.42 Å². The van der Waals surface area contributed by atoms with Crippen molar-refractivity contribution < 1.29 is 27.6 Å². The van der Waals surface area contributed by atoms with Crippen molar-refractivity contribution in [1.82, 2.24) is 20.3 Å². The van der Waals surface area contributed by atoms with Crippen molar-refractivity contribution in [2.75, 3.05) is 6.54 Å². The highest BCUT2D eigenvalue weighted by atomic mass is 32.2. The molecule has 5 rings (SSSR count). The molecule has 2 unspecified atom stereocenters. The number of sulfonamides is 1. The summed E-state index contributed by atoms with van der Waals surface area (Å²) in [4.78, 5) is 55.8. The molecule has 0 bridgehead atoms. The normalized spacial score (nSPS) is 32.4. The fraction of sp³-hybridized carbons (Fsp3) is 0.800. The van der Waals surface area contributed by atoms with Crippen molar-refractivity contribution in [3.63, 3.8) is 0 Å². The fourth-order valence-electron chi connectivity index (χ4n) is 6.53. The summed E-state index contributed by atoms with van der Waals surface area (Å²) in [5, 5.41) is 5.42. The van der Waals surface area contributed by atoms with E-state index in [1.54, 1.807) is 4.90 Å². The first-order chi connectivity index (χ1) is 19.6. The lowest BCUT2D eigenvalue weighted by molar-refractivity contribution is -0.143. The van der Waals surface area contributed by atoms with Crippen LogP contribution in [0.2, 0.25) is 0 Å². The van der Waals surface area contributed by atoms with Gasteiger partial charge in [-0.1, -0.05) is 51.2 Å². The van der Waals surface area contributed by atoms with E-state index in [1.807, 2.05) is 12.2 Å². The van der Waals surface area contributed by atoms with Crippen molar-refractivity contribution in [2.45, 2.75) is 126 Å². The van der Waals surface area contributed by atoms with E-state index < -0.39 is 44.7 Å². The van der Waals surface area contributed by atoms with Gasteiger partial charge >= 0.3 is 0 Å². The first-order valence-electron chi connectivity index (χ1n) is 15.8. The molecular formula is C30H46N4O6S. The molecule has 4 amide bonds. The number of rotatable bonds is 9. The summed E-state index contributed by atoms with van der Waals surface area (Å²) < 4.78 is 27.3. The van der Waals surface area contributed by atoms with Crippen LogP contribution < -0.4 is 15.4 Å². The number of allylic oxidation sites excluding steroid dienone is 1. The topological polar surface area (TPSA) is 142 Å². The van der Waals surface area contributed by atoms with Gasteiger partial charge in [0.1, 0.15) is 17.6 Å². The summed E-state index contributed by atoms with van der Waals surface area (Å²) in [6.45, 7) is 2.48. The average molecular weight is 591 g/mol. The highest BCUT2D eigenvalue weighted by Gasteiger charge is 2.61. The van der Waals surface area contributed by atoms with Gasteiger partial charge in [0.25, 0.3) is 5.91 Å². The lowest BCUT2D eigenvalue weighted by Gasteiger charge is -2.31. The average Bonchev–Trinajstić information content (AvgIpc) is 3.83. The van der Waals surface area contributed by atoms with Crippen LogP contribution >= 0.6 is 0 Å². The Balaban J connectivity index is 1.33. The Labute approximate surface area is 243 Å². The van der Waals surface area contributed by atoms with Crippen LogP contribution in [-0.4, -0.2) is 66.4 Å². The number of hydrogen-bond acceptors (Lipinski definition) is 6. The quantitative estimate of drug-likeness (QED) is 0.353. The van der Waals surface area contributed by atoms with Gasteiger partial charge in [0.15, 0.2) is 0 Å². The minimum atomic E-state index is -3.77. The molecule has 41 heavy (non-hydrogen) atoms. The Bertz CT molecular complexity index is 1160. The standard InChI is InChI=1S/C30H46N4O6S/c1-2-9-21(18-20-13-14-20)26(35)31-24-11-7-5-3-4-6-10-22-19-30(22,29(38)33-41(39,40)23-15-16-23)32-27(36)25-12-8-17-34(25)28(24)37/h6,10,20-25H,2-5,7-9,11-19H2,1H3,(H,31,35)(H,32,36)(H,33,38)/b10-6-/t21?,22?,24-,25-,30+/m0/s1. The largest absolute Gasteiger partial charge is 0.344 e. The number of carbonyl (C=O) groups is 4. The molecule has 0 aromatic carbocycles. The maximum atomic E-state index is 13.9. The molecule has 3 aliphatic carbocycles. The maximum Gasteiger partial charge on any atom is 0.259 e. The van der Waals surface area contributed by atoms with Crippen molar-refractivity contribution in [3.05, 3.63) is 12.2 Å². The lowest BCUT2D eigenvalue weighted by atomic mass is 9.95. The van der Waals surface area contributed by atoms with Crippen molar-refractivity contribution in [3.8, 4) is 0 Å². The van der Waals surface area contributed by atoms with Crippen LogP contribution in [0.25, 0.3) is 0 Å². The summed E-state index contributed by atoms with van der Waals surface area (Å²) in [5.74, 6) is -1.24. The third kappa shape index (κ3) is 7.14. The molecular weight excluding hydrogens is 544 g/mol. The smallest absolute Gasteiger partial charge is 0.259 e. The van der Waals surface area contributed by atoms with E-state index in [4.69, 9.17) is 0 Å². The first-order valence-corrected chi connectivity index (χ1v) is 17.3. The SMILES string of the molecule is CCCC(CC1CC1)C(=O)N[C@H]1CCCCC/C=C\C2C[C@@]2(C(=O)NS(=O)(=O)C2CC2)NC(=O)[C@@H]2CCCN2C1=O. The van der Waals surface area contributed by atoms with Crippen molar-refractivity contribution in [1.29, 1.82) is 0 Å². The van der Waals surface area contributed by atoms with E-state index in [2.05, 4.69) is 22.3 Å². The van der Waals surface area contributed by atoms with Gasteiger partial charge in [0.2, 0.25) is 27.7 Å². The third-order valence-corrected chi connectivity index (χ3v) is 11.3. The van der Waals surface area contributed by atoms with Crippen LogP contribution in [0.1, 0.15) is 103 Å². The number of nitrogens with one attached hydrogen (secondary N) is 3. The molecule has 1 saturated heterocycles. The van der Waals surface area contributed by atoms with Crippen LogP contribution in [0.3, 0.4) is 0 Å². The van der Waals surface area contributed by atoms with Crippen LogP contribution in [0, 0.1) is 17.8 Å². The number of fused-ring (bicyclic) bond motifs is 2. The van der Waals surface area contributed by atoms with Crippen molar-refractivity contribution in [2.24, 2.45) is 17.8 Å². The molecule has 0 aromatic heterocycles. The van der Waals surface area contributed by atoms with E-state index in [9.17, 15) is 27.6 Å². The Morgan fingerprint density at radius 3 is 2.56 bits per heavy atom. The zero-order valence-corrected chi connectivity index (χ0v) is 25.1. The zero-order chi connectivity index (χ0) is 29.2. The third-order valence-electron chi connectivity index (χ3n) is 9.47. The molecule has 2 heterocycles. The van der Waals surface area contributed by atoms with Gasteiger partial charge in [-0.15, -0.1) is 0 Å². The van der Waals surface area contributed by atoms with E-state index in [0.29, 0.717) is 51.0 Å². The molecule has 4 fully saturated rings.